The molecule has 0 aliphatic carbocycles. The second-order valence-electron chi connectivity index (χ2n) is 3.63. The van der Waals surface area contributed by atoms with Crippen LogP contribution in [-0.4, -0.2) is 28.1 Å². The number of aliphatic hydroxyl groups excluding tert-OH is 1. The van der Waals surface area contributed by atoms with Gasteiger partial charge in [0, 0.05) is 16.2 Å². The first-order chi connectivity index (χ1) is 8.65. The van der Waals surface area contributed by atoms with Crippen molar-refractivity contribution in [2.45, 2.75) is 19.1 Å². The van der Waals surface area contributed by atoms with Crippen LogP contribution in [0.5, 0.6) is 11.5 Å². The fraction of sp³-hybridized carbons (Fsp3) is 0.400. The molecule has 1 aromatic rings. The lowest BCUT2D eigenvalue weighted by atomic mass is 10.3. The molecule has 0 spiro atoms. The SMILES string of the molecule is O=[P+](O)OC(O)CCCN1Oc2ccccc2O1. The topological polar surface area (TPSA) is 88.5 Å². The molecule has 1 aliphatic rings. The van der Waals surface area contributed by atoms with E-state index in [4.69, 9.17) is 14.6 Å². The number of nitrogens with zero attached hydrogens (tertiary/aromatic N) is 1. The zero-order chi connectivity index (χ0) is 13.0. The van der Waals surface area contributed by atoms with Crippen molar-refractivity contribution in [1.29, 1.82) is 0 Å². The van der Waals surface area contributed by atoms with Crippen LogP contribution in [0.15, 0.2) is 24.3 Å². The molecule has 1 aromatic carbocycles. The molecule has 0 saturated carbocycles. The van der Waals surface area contributed by atoms with E-state index in [1.165, 1.54) is 5.23 Å². The highest BCUT2D eigenvalue weighted by Crippen LogP contribution is 2.33. The molecule has 0 radical (unpaired) electrons. The fourth-order valence-electron chi connectivity index (χ4n) is 1.48. The Bertz CT molecular complexity index is 404. The van der Waals surface area contributed by atoms with Gasteiger partial charge in [-0.3, -0.25) is 0 Å². The van der Waals surface area contributed by atoms with Crippen LogP contribution >= 0.6 is 8.25 Å². The molecule has 2 rings (SSSR count). The lowest BCUT2D eigenvalue weighted by Gasteiger charge is -2.12. The zero-order valence-electron chi connectivity index (χ0n) is 9.43. The summed E-state index contributed by atoms with van der Waals surface area (Å²) in [6.07, 6.45) is -0.567. The van der Waals surface area contributed by atoms with Gasteiger partial charge in [0.05, 0.1) is 6.54 Å². The highest BCUT2D eigenvalue weighted by Gasteiger charge is 2.24. The summed E-state index contributed by atoms with van der Waals surface area (Å²) in [5.74, 6) is 1.26. The van der Waals surface area contributed by atoms with Gasteiger partial charge in [-0.2, -0.15) is 0 Å². The molecule has 2 unspecified atom stereocenters. The fourth-order valence-corrected chi connectivity index (χ4v) is 1.80. The van der Waals surface area contributed by atoms with Gasteiger partial charge < -0.3 is 14.8 Å². The molecule has 0 fully saturated rings. The third-order valence-electron chi connectivity index (χ3n) is 2.25. The second kappa shape index (κ2) is 6.08. The van der Waals surface area contributed by atoms with Crippen molar-refractivity contribution < 1.29 is 28.8 Å². The van der Waals surface area contributed by atoms with E-state index in [-0.39, 0.29) is 6.42 Å². The quantitative estimate of drug-likeness (QED) is 0.598. The number of para-hydroxylation sites is 2. The molecule has 1 aliphatic heterocycles. The van der Waals surface area contributed by atoms with Gasteiger partial charge in [0.2, 0.25) is 6.29 Å². The maximum Gasteiger partial charge on any atom is 0.697 e. The van der Waals surface area contributed by atoms with Crippen LogP contribution in [0, 0.1) is 0 Å². The van der Waals surface area contributed by atoms with Gasteiger partial charge in [0.25, 0.3) is 0 Å². The molecule has 8 heteroatoms. The van der Waals surface area contributed by atoms with E-state index in [0.717, 1.165) is 0 Å². The van der Waals surface area contributed by atoms with E-state index in [1.54, 1.807) is 12.1 Å². The molecule has 1 heterocycles. The third kappa shape index (κ3) is 3.63. The first-order valence-electron chi connectivity index (χ1n) is 5.38. The van der Waals surface area contributed by atoms with Crippen molar-refractivity contribution >= 4 is 8.25 Å². The Labute approximate surface area is 104 Å². The van der Waals surface area contributed by atoms with Crippen LogP contribution in [0.2, 0.25) is 0 Å². The van der Waals surface area contributed by atoms with Gasteiger partial charge in [0.1, 0.15) is 0 Å². The van der Waals surface area contributed by atoms with Gasteiger partial charge in [-0.05, 0) is 18.6 Å². The number of hydroxylamine groups is 2. The van der Waals surface area contributed by atoms with E-state index in [1.807, 2.05) is 12.1 Å². The van der Waals surface area contributed by atoms with Crippen LogP contribution < -0.4 is 9.68 Å². The largest absolute Gasteiger partial charge is 0.697 e. The van der Waals surface area contributed by atoms with Crippen LogP contribution in [0.3, 0.4) is 0 Å². The van der Waals surface area contributed by atoms with Crippen molar-refractivity contribution in [3.05, 3.63) is 24.3 Å². The molecular weight excluding hydrogens is 261 g/mol. The average molecular weight is 274 g/mol. The molecule has 0 amide bonds. The minimum absolute atomic E-state index is 0.210. The molecule has 0 aromatic heterocycles. The number of aliphatic hydroxyl groups is 1. The normalized spacial score (nSPS) is 16.7. The molecule has 0 bridgehead atoms. The highest BCUT2D eigenvalue weighted by atomic mass is 31.1. The number of benzene rings is 1. The van der Waals surface area contributed by atoms with Crippen LogP contribution in [-0.2, 0) is 9.09 Å². The lowest BCUT2D eigenvalue weighted by molar-refractivity contribution is -0.227. The summed E-state index contributed by atoms with van der Waals surface area (Å²) in [4.78, 5) is 19.1. The summed E-state index contributed by atoms with van der Waals surface area (Å²) in [6.45, 7) is 0.400. The first-order valence-corrected chi connectivity index (χ1v) is 6.51. The van der Waals surface area contributed by atoms with E-state index >= 15 is 0 Å². The maximum atomic E-state index is 10.3. The van der Waals surface area contributed by atoms with Crippen molar-refractivity contribution in [3.8, 4) is 11.5 Å². The minimum Gasteiger partial charge on any atom is -0.367 e. The van der Waals surface area contributed by atoms with Gasteiger partial charge in [-0.15, -0.1) is 4.89 Å². The van der Waals surface area contributed by atoms with Crippen molar-refractivity contribution in [2.75, 3.05) is 6.54 Å². The zero-order valence-corrected chi connectivity index (χ0v) is 10.3. The smallest absolute Gasteiger partial charge is 0.367 e. The molecule has 18 heavy (non-hydrogen) atoms. The summed E-state index contributed by atoms with van der Waals surface area (Å²) in [5, 5.41) is 10.5. The second-order valence-corrected chi connectivity index (χ2v) is 4.31. The average Bonchev–Trinajstić information content (AvgIpc) is 2.70. The van der Waals surface area contributed by atoms with Crippen molar-refractivity contribution in [3.63, 3.8) is 0 Å². The third-order valence-corrected chi connectivity index (χ3v) is 2.68. The predicted octanol–water partition coefficient (Wildman–Crippen LogP) is 1.35. The van der Waals surface area contributed by atoms with E-state index in [0.29, 0.717) is 24.5 Å². The predicted molar refractivity (Wildman–Crippen MR) is 60.6 cm³/mol. The molecule has 98 valence electrons. The molecule has 0 saturated heterocycles. The number of hydrogen-bond acceptors (Lipinski definition) is 6. The van der Waals surface area contributed by atoms with E-state index in [2.05, 4.69) is 4.52 Å². The summed E-state index contributed by atoms with van der Waals surface area (Å²) in [5.41, 5.74) is 0. The number of hydrogen-bond donors (Lipinski definition) is 2. The van der Waals surface area contributed by atoms with E-state index in [9.17, 15) is 9.67 Å². The maximum absolute atomic E-state index is 10.3. The van der Waals surface area contributed by atoms with Gasteiger partial charge in [-0.1, -0.05) is 16.7 Å². The monoisotopic (exact) mass is 274 g/mol. The molecule has 7 nitrogen and oxygen atoms in total. The van der Waals surface area contributed by atoms with Gasteiger partial charge >= 0.3 is 8.25 Å². The Morgan fingerprint density at radius 1 is 1.33 bits per heavy atom. The number of fused-ring (bicyclic) bond motifs is 1. The summed E-state index contributed by atoms with van der Waals surface area (Å²) >= 11 is 0. The minimum atomic E-state index is -2.78. The Balaban J connectivity index is 1.69. The lowest BCUT2D eigenvalue weighted by Crippen LogP contribution is -2.27. The van der Waals surface area contributed by atoms with Crippen LogP contribution in [0.25, 0.3) is 0 Å². The summed E-state index contributed by atoms with van der Waals surface area (Å²) < 4.78 is 14.6. The highest BCUT2D eigenvalue weighted by molar-refractivity contribution is 7.32. The Morgan fingerprint density at radius 3 is 2.50 bits per heavy atom. The van der Waals surface area contributed by atoms with Gasteiger partial charge in [-0.25, -0.2) is 0 Å². The molecular formula is C10H13NO6P+. The Hall–Kier alpha value is -1.24. The summed E-state index contributed by atoms with van der Waals surface area (Å²) in [7, 11) is -2.78. The standard InChI is InChI=1S/C10H12NO6P/c12-10(17-18(13)14)6-3-7-11-15-8-4-1-2-5-9(8)16-11/h1-2,4-5,10,12H,3,6-7H2/p+1. The van der Waals surface area contributed by atoms with Crippen molar-refractivity contribution in [2.24, 2.45) is 0 Å². The first kappa shape index (κ1) is 13.2. The Morgan fingerprint density at radius 2 is 1.94 bits per heavy atom. The van der Waals surface area contributed by atoms with Crippen LogP contribution in [0.4, 0.5) is 0 Å². The van der Waals surface area contributed by atoms with Gasteiger partial charge in [0.15, 0.2) is 11.5 Å². The Kier molecular flexibility index (Phi) is 4.46. The van der Waals surface area contributed by atoms with E-state index < -0.39 is 14.5 Å². The molecule has 2 N–H and O–H groups in total. The van der Waals surface area contributed by atoms with Crippen molar-refractivity contribution in [1.82, 2.24) is 5.23 Å². The van der Waals surface area contributed by atoms with Crippen LogP contribution in [0.1, 0.15) is 12.8 Å². The number of rotatable bonds is 6. The molecule has 2 atom stereocenters. The summed E-state index contributed by atoms with van der Waals surface area (Å²) in [6, 6.07) is 7.23.